The molecule has 0 saturated heterocycles. The molecule has 2 aromatic heterocycles. The van der Waals surface area contributed by atoms with Crippen molar-refractivity contribution in [2.24, 2.45) is 0 Å². The van der Waals surface area contributed by atoms with Gasteiger partial charge in [0.2, 0.25) is 0 Å². The summed E-state index contributed by atoms with van der Waals surface area (Å²) in [6.07, 6.45) is 4.17. The zero-order chi connectivity index (χ0) is 14.8. The highest BCUT2D eigenvalue weighted by Gasteiger charge is 2.15. The van der Waals surface area contributed by atoms with E-state index >= 15 is 0 Å². The van der Waals surface area contributed by atoms with Crippen molar-refractivity contribution in [3.8, 4) is 16.9 Å². The average molecular weight is 279 g/mol. The van der Waals surface area contributed by atoms with Gasteiger partial charge in [0.05, 0.1) is 11.4 Å². The summed E-state index contributed by atoms with van der Waals surface area (Å²) in [5.74, 6) is 0. The van der Waals surface area contributed by atoms with Gasteiger partial charge in [0.25, 0.3) is 5.56 Å². The van der Waals surface area contributed by atoms with Crippen LogP contribution in [0.1, 0.15) is 18.1 Å². The number of benzene rings is 1. The molecule has 0 amide bonds. The predicted molar refractivity (Wildman–Crippen MR) is 83.7 cm³/mol. The van der Waals surface area contributed by atoms with Crippen molar-refractivity contribution in [3.63, 3.8) is 0 Å². The van der Waals surface area contributed by atoms with Crippen molar-refractivity contribution in [2.45, 2.75) is 20.3 Å². The van der Waals surface area contributed by atoms with Crippen LogP contribution in [0.4, 0.5) is 0 Å². The highest BCUT2D eigenvalue weighted by Crippen LogP contribution is 2.20. The number of hydrogen-bond donors (Lipinski definition) is 1. The maximum atomic E-state index is 12.6. The second-order valence-electron chi connectivity index (χ2n) is 5.04. The Bertz CT molecular complexity index is 798. The molecule has 1 aromatic carbocycles. The summed E-state index contributed by atoms with van der Waals surface area (Å²) in [6.45, 7) is 4.02. The zero-order valence-electron chi connectivity index (χ0n) is 12.1. The molecule has 3 aromatic rings. The molecule has 4 heteroatoms. The first-order chi connectivity index (χ1) is 10.2. The van der Waals surface area contributed by atoms with Crippen molar-refractivity contribution >= 4 is 0 Å². The summed E-state index contributed by atoms with van der Waals surface area (Å²) >= 11 is 0. The van der Waals surface area contributed by atoms with Gasteiger partial charge in [0.15, 0.2) is 0 Å². The minimum atomic E-state index is 0.000191. The van der Waals surface area contributed by atoms with E-state index in [1.54, 1.807) is 17.1 Å². The molecule has 1 N–H and O–H groups in total. The second-order valence-corrected chi connectivity index (χ2v) is 5.04. The van der Waals surface area contributed by atoms with Gasteiger partial charge in [0.1, 0.15) is 0 Å². The minimum absolute atomic E-state index is 0.000191. The minimum Gasteiger partial charge on any atom is -0.290 e. The van der Waals surface area contributed by atoms with E-state index in [2.05, 4.69) is 10.1 Å². The van der Waals surface area contributed by atoms with Crippen molar-refractivity contribution < 1.29 is 0 Å². The predicted octanol–water partition coefficient (Wildman–Crippen LogP) is 3.10. The Balaban J connectivity index is 2.18. The first kappa shape index (κ1) is 13.4. The number of nitrogens with zero attached hydrogens (tertiary/aromatic N) is 2. The van der Waals surface area contributed by atoms with Gasteiger partial charge in [-0.3, -0.25) is 14.9 Å². The molecule has 0 saturated carbocycles. The van der Waals surface area contributed by atoms with E-state index in [1.165, 1.54) is 5.56 Å². The second kappa shape index (κ2) is 5.40. The molecule has 0 aliphatic rings. The van der Waals surface area contributed by atoms with E-state index in [0.717, 1.165) is 22.5 Å². The quantitative estimate of drug-likeness (QED) is 0.801. The molecule has 21 heavy (non-hydrogen) atoms. The molecule has 0 spiro atoms. The van der Waals surface area contributed by atoms with Crippen LogP contribution in [0, 0.1) is 6.92 Å². The summed E-state index contributed by atoms with van der Waals surface area (Å²) in [4.78, 5) is 16.7. The van der Waals surface area contributed by atoms with E-state index in [-0.39, 0.29) is 5.56 Å². The number of rotatable bonds is 3. The van der Waals surface area contributed by atoms with Crippen LogP contribution in [-0.2, 0) is 6.42 Å². The standard InChI is InChI=1S/C17H17N3O/c1-3-15-16(13-5-4-10-18-11-13)19-20(17(15)21)14-8-6-12(2)7-9-14/h4-11,19H,3H2,1-2H3. The van der Waals surface area contributed by atoms with Gasteiger partial charge in [-0.05, 0) is 37.6 Å². The molecular weight excluding hydrogens is 262 g/mol. The van der Waals surface area contributed by atoms with E-state index < -0.39 is 0 Å². The Morgan fingerprint density at radius 1 is 1.19 bits per heavy atom. The molecule has 0 radical (unpaired) electrons. The smallest absolute Gasteiger partial charge is 0.275 e. The van der Waals surface area contributed by atoms with Crippen LogP contribution in [0.2, 0.25) is 0 Å². The molecule has 0 aliphatic carbocycles. The molecule has 0 aliphatic heterocycles. The Kier molecular flexibility index (Phi) is 3.44. The van der Waals surface area contributed by atoms with Crippen molar-refractivity contribution in [3.05, 3.63) is 70.3 Å². The Morgan fingerprint density at radius 3 is 2.57 bits per heavy atom. The van der Waals surface area contributed by atoms with Crippen LogP contribution in [0.25, 0.3) is 16.9 Å². The van der Waals surface area contributed by atoms with Gasteiger partial charge < -0.3 is 0 Å². The van der Waals surface area contributed by atoms with E-state index in [0.29, 0.717) is 6.42 Å². The zero-order valence-corrected chi connectivity index (χ0v) is 12.1. The van der Waals surface area contributed by atoms with Gasteiger partial charge >= 0.3 is 0 Å². The molecule has 4 nitrogen and oxygen atoms in total. The first-order valence-electron chi connectivity index (χ1n) is 7.02. The van der Waals surface area contributed by atoms with Gasteiger partial charge in [-0.2, -0.15) is 0 Å². The molecule has 0 bridgehead atoms. The number of aromatic amines is 1. The number of hydrogen-bond acceptors (Lipinski definition) is 2. The number of aryl methyl sites for hydroxylation is 1. The third kappa shape index (κ3) is 2.40. The summed E-state index contributed by atoms with van der Waals surface area (Å²) in [7, 11) is 0. The van der Waals surface area contributed by atoms with Crippen LogP contribution in [0.5, 0.6) is 0 Å². The van der Waals surface area contributed by atoms with Crippen LogP contribution >= 0.6 is 0 Å². The maximum Gasteiger partial charge on any atom is 0.275 e. The lowest BCUT2D eigenvalue weighted by atomic mass is 10.1. The van der Waals surface area contributed by atoms with Gasteiger partial charge in [-0.25, -0.2) is 4.68 Å². The Morgan fingerprint density at radius 2 is 1.95 bits per heavy atom. The Labute approximate surface area is 123 Å². The van der Waals surface area contributed by atoms with Gasteiger partial charge in [-0.15, -0.1) is 0 Å². The van der Waals surface area contributed by atoms with E-state index in [4.69, 9.17) is 0 Å². The SMILES string of the molecule is CCc1c(-c2cccnc2)[nH]n(-c2ccc(C)cc2)c1=O. The molecule has 106 valence electrons. The Hall–Kier alpha value is -2.62. The van der Waals surface area contributed by atoms with E-state index in [1.807, 2.05) is 50.2 Å². The van der Waals surface area contributed by atoms with Crippen LogP contribution in [0.15, 0.2) is 53.6 Å². The summed E-state index contributed by atoms with van der Waals surface area (Å²) < 4.78 is 1.60. The number of nitrogens with one attached hydrogen (secondary N) is 1. The first-order valence-corrected chi connectivity index (χ1v) is 7.02. The van der Waals surface area contributed by atoms with Crippen LogP contribution < -0.4 is 5.56 Å². The largest absolute Gasteiger partial charge is 0.290 e. The molecule has 2 heterocycles. The molecule has 0 atom stereocenters. The lowest BCUT2D eigenvalue weighted by Crippen LogP contribution is -2.16. The molecule has 0 unspecified atom stereocenters. The highest BCUT2D eigenvalue weighted by molar-refractivity contribution is 5.62. The fourth-order valence-corrected chi connectivity index (χ4v) is 2.43. The fraction of sp³-hybridized carbons (Fsp3) is 0.176. The van der Waals surface area contributed by atoms with Crippen LogP contribution in [-0.4, -0.2) is 14.8 Å². The van der Waals surface area contributed by atoms with Crippen molar-refractivity contribution in [2.75, 3.05) is 0 Å². The van der Waals surface area contributed by atoms with Crippen molar-refractivity contribution in [1.82, 2.24) is 14.8 Å². The summed E-state index contributed by atoms with van der Waals surface area (Å²) in [5, 5.41) is 3.22. The lowest BCUT2D eigenvalue weighted by Gasteiger charge is -2.02. The molecule has 3 rings (SSSR count). The summed E-state index contributed by atoms with van der Waals surface area (Å²) in [6, 6.07) is 11.7. The topological polar surface area (TPSA) is 50.7 Å². The van der Waals surface area contributed by atoms with Crippen molar-refractivity contribution in [1.29, 1.82) is 0 Å². The van der Waals surface area contributed by atoms with E-state index in [9.17, 15) is 4.79 Å². The fourth-order valence-electron chi connectivity index (χ4n) is 2.43. The summed E-state index contributed by atoms with van der Waals surface area (Å²) in [5.41, 5.74) is 4.56. The maximum absolute atomic E-state index is 12.6. The van der Waals surface area contributed by atoms with Gasteiger partial charge in [0, 0.05) is 23.5 Å². The van der Waals surface area contributed by atoms with Gasteiger partial charge in [-0.1, -0.05) is 24.6 Å². The molecular formula is C17H17N3O. The number of pyridine rings is 1. The third-order valence-electron chi connectivity index (χ3n) is 3.58. The monoisotopic (exact) mass is 279 g/mol. The average Bonchev–Trinajstić information content (AvgIpc) is 2.86. The number of H-pyrrole nitrogens is 1. The highest BCUT2D eigenvalue weighted by atomic mass is 16.1. The normalized spacial score (nSPS) is 10.8. The molecule has 0 fully saturated rings. The third-order valence-corrected chi connectivity index (χ3v) is 3.58. The lowest BCUT2D eigenvalue weighted by molar-refractivity contribution is 0.848. The number of aromatic nitrogens is 3. The van der Waals surface area contributed by atoms with Crippen LogP contribution in [0.3, 0.4) is 0 Å².